The molecule has 0 aromatic carbocycles. The molecular formula is C13H25N3O. The van der Waals surface area contributed by atoms with Crippen molar-refractivity contribution in [1.82, 2.24) is 15.5 Å². The second kappa shape index (κ2) is 6.36. The Kier molecular flexibility index (Phi) is 4.80. The Bertz CT molecular complexity index is 251. The van der Waals surface area contributed by atoms with Crippen LogP contribution in [-0.4, -0.2) is 49.6 Å². The molecule has 98 valence electrons. The maximum absolute atomic E-state index is 11.6. The number of hydrogen-bond acceptors (Lipinski definition) is 3. The zero-order chi connectivity index (χ0) is 12.1. The molecule has 2 rings (SSSR count). The molecular weight excluding hydrogens is 214 g/mol. The van der Waals surface area contributed by atoms with E-state index in [1.807, 2.05) is 7.05 Å². The van der Waals surface area contributed by atoms with E-state index < -0.39 is 0 Å². The summed E-state index contributed by atoms with van der Waals surface area (Å²) in [6, 6.07) is 1.19. The Morgan fingerprint density at radius 2 is 2.06 bits per heavy atom. The first-order chi connectivity index (χ1) is 8.29. The molecule has 1 saturated carbocycles. The number of rotatable bonds is 5. The van der Waals surface area contributed by atoms with Crippen LogP contribution in [0.4, 0.5) is 0 Å². The molecule has 0 bridgehead atoms. The summed E-state index contributed by atoms with van der Waals surface area (Å²) in [7, 11) is 1.88. The van der Waals surface area contributed by atoms with Gasteiger partial charge in [0.05, 0.1) is 0 Å². The predicted octanol–water partition coefficient (Wildman–Crippen LogP) is 0.729. The van der Waals surface area contributed by atoms with Crippen LogP contribution in [0.5, 0.6) is 0 Å². The van der Waals surface area contributed by atoms with Crippen molar-refractivity contribution in [2.45, 2.75) is 50.6 Å². The Labute approximate surface area is 104 Å². The molecule has 0 radical (unpaired) electrons. The molecule has 2 aliphatic rings. The van der Waals surface area contributed by atoms with E-state index in [1.165, 1.54) is 32.2 Å². The van der Waals surface area contributed by atoms with Crippen molar-refractivity contribution in [3.05, 3.63) is 0 Å². The molecule has 17 heavy (non-hydrogen) atoms. The van der Waals surface area contributed by atoms with Crippen LogP contribution in [0.25, 0.3) is 0 Å². The van der Waals surface area contributed by atoms with Crippen LogP contribution in [0, 0.1) is 0 Å². The number of carbonyl (C=O) groups excluding carboxylic acids is 1. The zero-order valence-electron chi connectivity index (χ0n) is 10.9. The molecule has 1 heterocycles. The molecule has 4 nitrogen and oxygen atoms in total. The molecule has 1 unspecified atom stereocenters. The van der Waals surface area contributed by atoms with Gasteiger partial charge in [-0.15, -0.1) is 0 Å². The van der Waals surface area contributed by atoms with E-state index >= 15 is 0 Å². The first kappa shape index (κ1) is 12.8. The number of carbonyl (C=O) groups is 1. The maximum atomic E-state index is 11.6. The number of hydrogen-bond donors (Lipinski definition) is 2. The van der Waals surface area contributed by atoms with Gasteiger partial charge in [0.1, 0.15) is 0 Å². The van der Waals surface area contributed by atoms with Gasteiger partial charge >= 0.3 is 0 Å². The zero-order valence-corrected chi connectivity index (χ0v) is 10.9. The minimum atomic E-state index is 0.192. The molecule has 2 N–H and O–H groups in total. The summed E-state index contributed by atoms with van der Waals surface area (Å²) in [4.78, 5) is 14.2. The van der Waals surface area contributed by atoms with Gasteiger partial charge in [-0.05, 0) is 26.3 Å². The van der Waals surface area contributed by atoms with Gasteiger partial charge in [0.2, 0.25) is 5.91 Å². The van der Waals surface area contributed by atoms with Gasteiger partial charge in [-0.25, -0.2) is 0 Å². The molecule has 2 fully saturated rings. The molecule has 0 spiro atoms. The van der Waals surface area contributed by atoms with E-state index in [9.17, 15) is 4.79 Å². The van der Waals surface area contributed by atoms with Crippen LogP contribution in [0.2, 0.25) is 0 Å². The van der Waals surface area contributed by atoms with Gasteiger partial charge in [0.25, 0.3) is 0 Å². The van der Waals surface area contributed by atoms with Crippen molar-refractivity contribution in [3.8, 4) is 0 Å². The fraction of sp³-hybridized carbons (Fsp3) is 0.923. The molecule has 0 aromatic rings. The highest BCUT2D eigenvalue weighted by Crippen LogP contribution is 2.26. The molecule has 1 atom stereocenters. The number of nitrogens with zero attached hydrogens (tertiary/aromatic N) is 1. The van der Waals surface area contributed by atoms with Crippen LogP contribution in [-0.2, 0) is 4.79 Å². The smallest absolute Gasteiger partial charge is 0.221 e. The van der Waals surface area contributed by atoms with Crippen LogP contribution in [0.3, 0.4) is 0 Å². The monoisotopic (exact) mass is 239 g/mol. The lowest BCUT2D eigenvalue weighted by Crippen LogP contribution is -2.39. The summed E-state index contributed by atoms with van der Waals surface area (Å²) >= 11 is 0. The summed E-state index contributed by atoms with van der Waals surface area (Å²) in [6.45, 7) is 3.00. The highest BCUT2D eigenvalue weighted by atomic mass is 16.1. The van der Waals surface area contributed by atoms with E-state index in [2.05, 4.69) is 15.5 Å². The van der Waals surface area contributed by atoms with Gasteiger partial charge < -0.3 is 10.6 Å². The van der Waals surface area contributed by atoms with Crippen molar-refractivity contribution in [1.29, 1.82) is 0 Å². The highest BCUT2D eigenvalue weighted by molar-refractivity contribution is 5.76. The third-order valence-corrected chi connectivity index (χ3v) is 4.03. The van der Waals surface area contributed by atoms with E-state index in [4.69, 9.17) is 0 Å². The van der Waals surface area contributed by atoms with Crippen molar-refractivity contribution in [2.75, 3.05) is 26.7 Å². The van der Waals surface area contributed by atoms with Crippen molar-refractivity contribution in [3.63, 3.8) is 0 Å². The lowest BCUT2D eigenvalue weighted by molar-refractivity contribution is -0.121. The SMILES string of the molecule is CNCCC(=O)NC1CCN(C2CCCC2)C1. The normalized spacial score (nSPS) is 26.5. The molecule has 1 aliphatic heterocycles. The quantitative estimate of drug-likeness (QED) is 0.743. The van der Waals surface area contributed by atoms with Gasteiger partial charge in [0, 0.05) is 38.1 Å². The Morgan fingerprint density at radius 1 is 1.29 bits per heavy atom. The average molecular weight is 239 g/mol. The third kappa shape index (κ3) is 3.68. The summed E-state index contributed by atoms with van der Waals surface area (Å²) in [5.41, 5.74) is 0. The molecule has 1 amide bonds. The Morgan fingerprint density at radius 3 is 2.76 bits per heavy atom. The van der Waals surface area contributed by atoms with Gasteiger partial charge in [-0.1, -0.05) is 12.8 Å². The fourth-order valence-electron chi connectivity index (χ4n) is 3.04. The summed E-state index contributed by atoms with van der Waals surface area (Å²) in [5, 5.41) is 6.15. The molecule has 4 heteroatoms. The second-order valence-corrected chi connectivity index (χ2v) is 5.34. The highest BCUT2D eigenvalue weighted by Gasteiger charge is 2.30. The van der Waals surface area contributed by atoms with E-state index in [0.29, 0.717) is 12.5 Å². The molecule has 1 saturated heterocycles. The van der Waals surface area contributed by atoms with Crippen LogP contribution in [0.1, 0.15) is 38.5 Å². The fourth-order valence-corrected chi connectivity index (χ4v) is 3.04. The number of likely N-dealkylation sites (tertiary alicyclic amines) is 1. The molecule has 0 aromatic heterocycles. The first-order valence-electron chi connectivity index (χ1n) is 6.97. The number of amides is 1. The lowest BCUT2D eigenvalue weighted by atomic mass is 10.2. The maximum Gasteiger partial charge on any atom is 0.221 e. The number of nitrogens with one attached hydrogen (secondary N) is 2. The summed E-state index contributed by atoms with van der Waals surface area (Å²) in [5.74, 6) is 0.192. The van der Waals surface area contributed by atoms with Crippen molar-refractivity contribution < 1.29 is 4.79 Å². The molecule has 1 aliphatic carbocycles. The van der Waals surface area contributed by atoms with Crippen molar-refractivity contribution >= 4 is 5.91 Å². The first-order valence-corrected chi connectivity index (χ1v) is 6.97. The summed E-state index contributed by atoms with van der Waals surface area (Å²) < 4.78 is 0. The topological polar surface area (TPSA) is 44.4 Å². The third-order valence-electron chi connectivity index (χ3n) is 4.03. The van der Waals surface area contributed by atoms with Crippen molar-refractivity contribution in [2.24, 2.45) is 0 Å². The second-order valence-electron chi connectivity index (χ2n) is 5.34. The van der Waals surface area contributed by atoms with Gasteiger partial charge in [0.15, 0.2) is 0 Å². The lowest BCUT2D eigenvalue weighted by Gasteiger charge is -2.23. The van der Waals surface area contributed by atoms with Crippen LogP contribution < -0.4 is 10.6 Å². The van der Waals surface area contributed by atoms with Gasteiger partial charge in [-0.3, -0.25) is 9.69 Å². The minimum Gasteiger partial charge on any atom is -0.352 e. The van der Waals surface area contributed by atoms with Crippen LogP contribution >= 0.6 is 0 Å². The Balaban J connectivity index is 1.68. The average Bonchev–Trinajstić information content (AvgIpc) is 2.95. The van der Waals surface area contributed by atoms with E-state index in [-0.39, 0.29) is 5.91 Å². The largest absolute Gasteiger partial charge is 0.352 e. The van der Waals surface area contributed by atoms with Gasteiger partial charge in [-0.2, -0.15) is 0 Å². The Hall–Kier alpha value is -0.610. The standard InChI is InChI=1S/C13H25N3O/c1-14-8-6-13(17)15-11-7-9-16(10-11)12-4-2-3-5-12/h11-12,14H,2-10H2,1H3,(H,15,17). The predicted molar refractivity (Wildman–Crippen MR) is 68.9 cm³/mol. The summed E-state index contributed by atoms with van der Waals surface area (Å²) in [6.07, 6.45) is 7.22. The van der Waals surface area contributed by atoms with E-state index in [0.717, 1.165) is 25.6 Å². The minimum absolute atomic E-state index is 0.192. The van der Waals surface area contributed by atoms with Crippen LogP contribution in [0.15, 0.2) is 0 Å². The van der Waals surface area contributed by atoms with E-state index in [1.54, 1.807) is 0 Å².